The lowest BCUT2D eigenvalue weighted by Gasteiger charge is -2.08. The molecule has 0 heterocycles. The van der Waals surface area contributed by atoms with E-state index in [1.807, 2.05) is 0 Å². The Morgan fingerprint density at radius 3 is 2.31 bits per heavy atom. The molecule has 2 aromatic rings. The van der Waals surface area contributed by atoms with Gasteiger partial charge < -0.3 is 0 Å². The second-order valence-corrected chi connectivity index (χ2v) is 3.68. The van der Waals surface area contributed by atoms with Crippen LogP contribution in [0.2, 0.25) is 0 Å². The van der Waals surface area contributed by atoms with Gasteiger partial charge in [0, 0.05) is 5.39 Å². The third kappa shape index (κ3) is 1.87. The van der Waals surface area contributed by atoms with Crippen LogP contribution < -0.4 is 0 Å². The van der Waals surface area contributed by atoms with Gasteiger partial charge in [-0.25, -0.2) is 4.39 Å². The Hall–Kier alpha value is -1.58. The van der Waals surface area contributed by atoms with Gasteiger partial charge in [0.1, 0.15) is 5.82 Å². The first kappa shape index (κ1) is 10.9. The maximum absolute atomic E-state index is 13.4. The van der Waals surface area contributed by atoms with E-state index in [1.54, 1.807) is 13.0 Å². The lowest BCUT2D eigenvalue weighted by Crippen LogP contribution is -2.04. The van der Waals surface area contributed by atoms with Crippen LogP contribution in [-0.2, 0) is 6.18 Å². The summed E-state index contributed by atoms with van der Waals surface area (Å²) in [5.74, 6) is -0.624. The highest BCUT2D eigenvalue weighted by atomic mass is 19.4. The third-order valence-electron chi connectivity index (χ3n) is 2.38. The molecule has 2 rings (SSSR count). The van der Waals surface area contributed by atoms with Crippen LogP contribution in [0, 0.1) is 12.7 Å². The van der Waals surface area contributed by atoms with Crippen molar-refractivity contribution in [1.82, 2.24) is 0 Å². The summed E-state index contributed by atoms with van der Waals surface area (Å²) in [4.78, 5) is 0. The number of halogens is 4. The second-order valence-electron chi connectivity index (χ2n) is 3.68. The molecule has 0 radical (unpaired) electrons. The normalized spacial score (nSPS) is 12.1. The van der Waals surface area contributed by atoms with Crippen molar-refractivity contribution in [3.63, 3.8) is 0 Å². The van der Waals surface area contributed by atoms with E-state index in [4.69, 9.17) is 0 Å². The molecule has 0 fully saturated rings. The highest BCUT2D eigenvalue weighted by Crippen LogP contribution is 2.32. The predicted molar refractivity (Wildman–Crippen MR) is 53.6 cm³/mol. The second kappa shape index (κ2) is 3.47. The number of aryl methyl sites for hydroxylation is 1. The van der Waals surface area contributed by atoms with Crippen LogP contribution in [0.5, 0.6) is 0 Å². The molecule has 0 aliphatic carbocycles. The standard InChI is InChI=1S/C12H8F4/c1-7-4-8-2-3-9(12(14,15)16)6-10(8)11(13)5-7/h2-6H,1H3. The van der Waals surface area contributed by atoms with Gasteiger partial charge in [0.05, 0.1) is 5.56 Å². The molecule has 0 saturated heterocycles. The molecular formula is C12H8F4. The summed E-state index contributed by atoms with van der Waals surface area (Å²) >= 11 is 0. The minimum atomic E-state index is -4.44. The van der Waals surface area contributed by atoms with Gasteiger partial charge >= 0.3 is 6.18 Å². The van der Waals surface area contributed by atoms with Crippen molar-refractivity contribution in [2.75, 3.05) is 0 Å². The molecule has 0 nitrogen and oxygen atoms in total. The monoisotopic (exact) mass is 228 g/mol. The van der Waals surface area contributed by atoms with Gasteiger partial charge in [0.15, 0.2) is 0 Å². The van der Waals surface area contributed by atoms with E-state index in [2.05, 4.69) is 0 Å². The number of alkyl halides is 3. The zero-order valence-electron chi connectivity index (χ0n) is 8.40. The van der Waals surface area contributed by atoms with E-state index >= 15 is 0 Å². The molecule has 0 amide bonds. The summed E-state index contributed by atoms with van der Waals surface area (Å²) in [6, 6.07) is 5.96. The van der Waals surface area contributed by atoms with Crippen molar-refractivity contribution in [3.05, 3.63) is 47.3 Å². The van der Waals surface area contributed by atoms with Crippen LogP contribution in [-0.4, -0.2) is 0 Å². The maximum atomic E-state index is 13.4. The van der Waals surface area contributed by atoms with Gasteiger partial charge in [-0.3, -0.25) is 0 Å². The van der Waals surface area contributed by atoms with Crippen molar-refractivity contribution in [2.45, 2.75) is 13.1 Å². The summed E-state index contributed by atoms with van der Waals surface area (Å²) in [5.41, 5.74) is -0.146. The zero-order chi connectivity index (χ0) is 11.9. The fourth-order valence-corrected chi connectivity index (χ4v) is 1.63. The Morgan fingerprint density at radius 2 is 1.69 bits per heavy atom. The average molecular weight is 228 g/mol. The van der Waals surface area contributed by atoms with Gasteiger partial charge in [-0.15, -0.1) is 0 Å². The van der Waals surface area contributed by atoms with E-state index < -0.39 is 17.6 Å². The van der Waals surface area contributed by atoms with E-state index in [0.717, 1.165) is 12.1 Å². The highest BCUT2D eigenvalue weighted by Gasteiger charge is 2.30. The molecular weight excluding hydrogens is 220 g/mol. The summed E-state index contributed by atoms with van der Waals surface area (Å²) in [6.07, 6.45) is -4.44. The van der Waals surface area contributed by atoms with Crippen molar-refractivity contribution in [3.8, 4) is 0 Å². The zero-order valence-corrected chi connectivity index (χ0v) is 8.40. The van der Waals surface area contributed by atoms with Gasteiger partial charge in [0.2, 0.25) is 0 Å². The molecule has 0 atom stereocenters. The number of hydrogen-bond donors (Lipinski definition) is 0. The van der Waals surface area contributed by atoms with Crippen LogP contribution in [0.1, 0.15) is 11.1 Å². The first-order valence-corrected chi connectivity index (χ1v) is 4.65. The molecule has 0 N–H and O–H groups in total. The molecule has 0 aromatic heterocycles. The van der Waals surface area contributed by atoms with Crippen molar-refractivity contribution >= 4 is 10.8 Å². The Kier molecular flexibility index (Phi) is 2.37. The third-order valence-corrected chi connectivity index (χ3v) is 2.38. The molecule has 0 spiro atoms. The van der Waals surface area contributed by atoms with Crippen LogP contribution in [0.3, 0.4) is 0 Å². The van der Waals surface area contributed by atoms with Crippen LogP contribution in [0.25, 0.3) is 10.8 Å². The fourth-order valence-electron chi connectivity index (χ4n) is 1.63. The number of hydrogen-bond acceptors (Lipinski definition) is 0. The minimum Gasteiger partial charge on any atom is -0.206 e. The molecule has 0 aliphatic rings. The van der Waals surface area contributed by atoms with Crippen molar-refractivity contribution in [1.29, 1.82) is 0 Å². The fraction of sp³-hybridized carbons (Fsp3) is 0.167. The topological polar surface area (TPSA) is 0 Å². The summed E-state index contributed by atoms with van der Waals surface area (Å²) in [5, 5.41) is 0.478. The molecule has 16 heavy (non-hydrogen) atoms. The van der Waals surface area contributed by atoms with E-state index in [9.17, 15) is 17.6 Å². The average Bonchev–Trinajstić information content (AvgIpc) is 2.15. The summed E-state index contributed by atoms with van der Waals surface area (Å²) in [6.45, 7) is 1.69. The Bertz CT molecular complexity index is 540. The predicted octanol–water partition coefficient (Wildman–Crippen LogP) is 4.31. The lowest BCUT2D eigenvalue weighted by atomic mass is 10.0. The molecule has 84 valence electrons. The molecule has 0 unspecified atom stereocenters. The van der Waals surface area contributed by atoms with Gasteiger partial charge in [-0.05, 0) is 36.1 Å². The molecule has 2 aromatic carbocycles. The van der Waals surface area contributed by atoms with Gasteiger partial charge in [0.25, 0.3) is 0 Å². The molecule has 0 aliphatic heterocycles. The van der Waals surface area contributed by atoms with Crippen LogP contribution >= 0.6 is 0 Å². The first-order valence-electron chi connectivity index (χ1n) is 4.65. The molecule has 0 saturated carbocycles. The number of benzene rings is 2. The molecule has 4 heteroatoms. The van der Waals surface area contributed by atoms with Crippen LogP contribution in [0.15, 0.2) is 30.3 Å². The lowest BCUT2D eigenvalue weighted by molar-refractivity contribution is -0.137. The van der Waals surface area contributed by atoms with Crippen molar-refractivity contribution < 1.29 is 17.6 Å². The van der Waals surface area contributed by atoms with E-state index in [-0.39, 0.29) is 5.39 Å². The Balaban J connectivity index is 2.72. The van der Waals surface area contributed by atoms with E-state index in [1.165, 1.54) is 12.1 Å². The SMILES string of the molecule is Cc1cc(F)c2cc(C(F)(F)F)ccc2c1. The van der Waals surface area contributed by atoms with Crippen molar-refractivity contribution in [2.24, 2.45) is 0 Å². The van der Waals surface area contributed by atoms with Crippen LogP contribution in [0.4, 0.5) is 17.6 Å². The Morgan fingerprint density at radius 1 is 1.00 bits per heavy atom. The summed E-state index contributed by atoms with van der Waals surface area (Å²) in [7, 11) is 0. The quantitative estimate of drug-likeness (QED) is 0.589. The minimum absolute atomic E-state index is 0.000394. The largest absolute Gasteiger partial charge is 0.416 e. The van der Waals surface area contributed by atoms with Gasteiger partial charge in [-0.1, -0.05) is 12.1 Å². The summed E-state index contributed by atoms with van der Waals surface area (Å²) < 4.78 is 50.7. The Labute approximate surface area is 89.5 Å². The maximum Gasteiger partial charge on any atom is 0.416 e. The first-order chi connectivity index (χ1) is 7.38. The molecule has 0 bridgehead atoms. The smallest absolute Gasteiger partial charge is 0.206 e. The highest BCUT2D eigenvalue weighted by molar-refractivity contribution is 5.84. The van der Waals surface area contributed by atoms with Gasteiger partial charge in [-0.2, -0.15) is 13.2 Å². The number of rotatable bonds is 0. The van der Waals surface area contributed by atoms with E-state index in [0.29, 0.717) is 10.9 Å². The number of fused-ring (bicyclic) bond motifs is 1.